The van der Waals surface area contributed by atoms with E-state index in [0.717, 1.165) is 56.6 Å². The Bertz CT molecular complexity index is 1770. The van der Waals surface area contributed by atoms with Gasteiger partial charge in [-0.1, -0.05) is 149 Å². The van der Waals surface area contributed by atoms with Gasteiger partial charge in [-0.3, -0.25) is 0 Å². The third-order valence-electron chi connectivity index (χ3n) is 8.92. The first-order valence-corrected chi connectivity index (χ1v) is 17.0. The van der Waals surface area contributed by atoms with Crippen molar-refractivity contribution in [1.29, 1.82) is 10.5 Å². The van der Waals surface area contributed by atoms with Gasteiger partial charge >= 0.3 is 0 Å². The first kappa shape index (κ1) is 32.5. The summed E-state index contributed by atoms with van der Waals surface area (Å²) in [7, 11) is 0. The molecule has 0 atom stereocenters. The zero-order chi connectivity index (χ0) is 32.1. The molecule has 0 N–H and O–H groups in total. The summed E-state index contributed by atoms with van der Waals surface area (Å²) in [5, 5.41) is 24.0. The highest BCUT2D eigenvalue weighted by atomic mass is 14.3. The Hall–Kier alpha value is -4.92. The molecular formula is C44H44N2. The third-order valence-corrected chi connectivity index (χ3v) is 8.92. The molecule has 0 saturated heterocycles. The molecule has 0 bridgehead atoms. The van der Waals surface area contributed by atoms with Crippen LogP contribution in [0, 0.1) is 22.7 Å². The van der Waals surface area contributed by atoms with E-state index in [-0.39, 0.29) is 0 Å². The summed E-state index contributed by atoms with van der Waals surface area (Å²) in [4.78, 5) is 0. The fourth-order valence-electron chi connectivity index (χ4n) is 6.20. The molecule has 0 amide bonds. The zero-order valence-corrected chi connectivity index (χ0v) is 27.4. The Kier molecular flexibility index (Phi) is 11.6. The number of nitriles is 2. The maximum Gasteiger partial charge on any atom is 0.101 e. The van der Waals surface area contributed by atoms with E-state index < -0.39 is 0 Å². The lowest BCUT2D eigenvalue weighted by molar-refractivity contribution is 0.667. The highest BCUT2D eigenvalue weighted by Crippen LogP contribution is 2.34. The second-order valence-corrected chi connectivity index (χ2v) is 12.4. The van der Waals surface area contributed by atoms with Gasteiger partial charge in [0.2, 0.25) is 0 Å². The Morgan fingerprint density at radius 2 is 0.804 bits per heavy atom. The highest BCUT2D eigenvalue weighted by Gasteiger charge is 2.15. The van der Waals surface area contributed by atoms with Crippen LogP contribution in [0.15, 0.2) is 84.9 Å². The van der Waals surface area contributed by atoms with Crippen molar-refractivity contribution in [2.24, 2.45) is 0 Å². The number of hydrogen-bond donors (Lipinski definition) is 0. The largest absolute Gasteiger partial charge is 0.192 e. The summed E-state index contributed by atoms with van der Waals surface area (Å²) in [6, 6.07) is 34.7. The number of aryl methyl sites for hydroxylation is 2. The van der Waals surface area contributed by atoms with Gasteiger partial charge in [-0.05, 0) is 82.0 Å². The molecular weight excluding hydrogens is 556 g/mol. The fourth-order valence-corrected chi connectivity index (χ4v) is 6.20. The van der Waals surface area contributed by atoms with Crippen LogP contribution in [0.3, 0.4) is 0 Å². The Labute approximate surface area is 275 Å². The van der Waals surface area contributed by atoms with Crippen LogP contribution in [-0.4, -0.2) is 0 Å². The Morgan fingerprint density at radius 3 is 1.17 bits per heavy atom. The average Bonchev–Trinajstić information content (AvgIpc) is 3.10. The zero-order valence-electron chi connectivity index (χ0n) is 27.4. The van der Waals surface area contributed by atoms with Gasteiger partial charge in [0.05, 0.1) is 11.1 Å². The van der Waals surface area contributed by atoms with Crippen molar-refractivity contribution < 1.29 is 0 Å². The smallest absolute Gasteiger partial charge is 0.101 e. The topological polar surface area (TPSA) is 47.6 Å². The summed E-state index contributed by atoms with van der Waals surface area (Å²) in [6.07, 6.45) is 20.8. The van der Waals surface area contributed by atoms with Crippen LogP contribution in [0.1, 0.15) is 110 Å². The first-order chi connectivity index (χ1) is 22.6. The maximum absolute atomic E-state index is 10.2. The molecule has 5 aromatic rings. The minimum absolute atomic E-state index is 0.434. The van der Waals surface area contributed by atoms with E-state index in [1.54, 1.807) is 0 Å². The van der Waals surface area contributed by atoms with Crippen molar-refractivity contribution in [2.45, 2.75) is 78.1 Å². The lowest BCUT2D eigenvalue weighted by Crippen LogP contribution is -1.92. The van der Waals surface area contributed by atoms with Crippen molar-refractivity contribution in [3.63, 3.8) is 0 Å². The maximum atomic E-state index is 10.2. The SMILES string of the molecule is CCCCCCc1ccc(/C=C/c2ccc3c(c2)c(C#N)c(C#N)c2cc(/C=C/c4ccc(CCCCCC)cc4)ccc23)cc1. The highest BCUT2D eigenvalue weighted by molar-refractivity contribution is 6.13. The van der Waals surface area contributed by atoms with Crippen LogP contribution in [0.2, 0.25) is 0 Å². The van der Waals surface area contributed by atoms with Gasteiger partial charge in [-0.15, -0.1) is 0 Å². The minimum atomic E-state index is 0.434. The second-order valence-electron chi connectivity index (χ2n) is 12.4. The molecule has 0 unspecified atom stereocenters. The molecule has 230 valence electrons. The molecule has 46 heavy (non-hydrogen) atoms. The molecule has 0 aliphatic rings. The molecule has 5 aromatic carbocycles. The van der Waals surface area contributed by atoms with Crippen LogP contribution < -0.4 is 0 Å². The molecule has 0 saturated carbocycles. The Balaban J connectivity index is 1.36. The van der Waals surface area contributed by atoms with E-state index in [0.29, 0.717) is 11.1 Å². The lowest BCUT2D eigenvalue weighted by atomic mass is 9.90. The number of unbranched alkanes of at least 4 members (excludes halogenated alkanes) is 6. The van der Waals surface area contributed by atoms with E-state index >= 15 is 0 Å². The number of nitrogens with zero attached hydrogens (tertiary/aromatic N) is 2. The van der Waals surface area contributed by atoms with Crippen LogP contribution in [-0.2, 0) is 12.8 Å². The molecule has 5 rings (SSSR count). The lowest BCUT2D eigenvalue weighted by Gasteiger charge is -2.11. The summed E-state index contributed by atoms with van der Waals surface area (Å²) in [5.74, 6) is 0. The number of hydrogen-bond acceptors (Lipinski definition) is 2. The monoisotopic (exact) mass is 600 g/mol. The van der Waals surface area contributed by atoms with Gasteiger partial charge in [-0.25, -0.2) is 0 Å². The number of benzene rings is 5. The van der Waals surface area contributed by atoms with Crippen molar-refractivity contribution in [1.82, 2.24) is 0 Å². The van der Waals surface area contributed by atoms with Gasteiger partial charge in [0.1, 0.15) is 12.1 Å². The van der Waals surface area contributed by atoms with Crippen molar-refractivity contribution in [3.8, 4) is 12.1 Å². The Morgan fingerprint density at radius 1 is 0.435 bits per heavy atom. The predicted octanol–water partition coefficient (Wildman–Crippen LogP) is 12.3. The van der Waals surface area contributed by atoms with Crippen molar-refractivity contribution in [3.05, 3.63) is 129 Å². The van der Waals surface area contributed by atoms with Gasteiger partial charge in [0.15, 0.2) is 0 Å². The van der Waals surface area contributed by atoms with E-state index in [1.165, 1.54) is 62.5 Å². The first-order valence-electron chi connectivity index (χ1n) is 17.0. The predicted molar refractivity (Wildman–Crippen MR) is 197 cm³/mol. The normalized spacial score (nSPS) is 11.5. The molecule has 0 spiro atoms. The van der Waals surface area contributed by atoms with Gasteiger partial charge in [-0.2, -0.15) is 10.5 Å². The summed E-state index contributed by atoms with van der Waals surface area (Å²) >= 11 is 0. The molecule has 0 aliphatic heterocycles. The molecule has 2 nitrogen and oxygen atoms in total. The average molecular weight is 601 g/mol. The van der Waals surface area contributed by atoms with E-state index in [2.05, 4.69) is 123 Å². The summed E-state index contributed by atoms with van der Waals surface area (Å²) < 4.78 is 0. The van der Waals surface area contributed by atoms with Gasteiger partial charge in [0, 0.05) is 10.8 Å². The van der Waals surface area contributed by atoms with Crippen molar-refractivity contribution in [2.75, 3.05) is 0 Å². The molecule has 0 fully saturated rings. The van der Waals surface area contributed by atoms with E-state index in [4.69, 9.17) is 0 Å². The standard InChI is InChI=1S/C44H44N2/c1-3-5-7-9-11-33-13-17-35(18-14-33)21-23-37-25-27-39-40-28-26-38(30-42(40)44(32-46)43(31-45)41(39)29-37)24-22-36-19-15-34(16-20-36)12-10-8-6-4-2/h13-30H,3-12H2,1-2H3/b23-21+,24-22+. The fraction of sp³-hybridized carbons (Fsp3) is 0.273. The molecule has 0 aliphatic carbocycles. The van der Waals surface area contributed by atoms with Gasteiger partial charge in [0.25, 0.3) is 0 Å². The molecule has 0 radical (unpaired) electrons. The van der Waals surface area contributed by atoms with Crippen LogP contribution in [0.25, 0.3) is 45.8 Å². The van der Waals surface area contributed by atoms with E-state index in [9.17, 15) is 10.5 Å². The second kappa shape index (κ2) is 16.4. The van der Waals surface area contributed by atoms with Crippen LogP contribution in [0.5, 0.6) is 0 Å². The van der Waals surface area contributed by atoms with Crippen molar-refractivity contribution >= 4 is 45.8 Å². The molecule has 0 aromatic heterocycles. The van der Waals surface area contributed by atoms with Crippen LogP contribution >= 0.6 is 0 Å². The van der Waals surface area contributed by atoms with Gasteiger partial charge < -0.3 is 0 Å². The molecule has 0 heterocycles. The third kappa shape index (κ3) is 8.21. The van der Waals surface area contributed by atoms with Crippen LogP contribution in [0.4, 0.5) is 0 Å². The number of fused-ring (bicyclic) bond motifs is 3. The summed E-state index contributed by atoms with van der Waals surface area (Å²) in [6.45, 7) is 4.49. The minimum Gasteiger partial charge on any atom is -0.192 e. The summed E-state index contributed by atoms with van der Waals surface area (Å²) in [5.41, 5.74) is 7.93. The quantitative estimate of drug-likeness (QED) is 0.0723. The van der Waals surface area contributed by atoms with E-state index in [1.807, 2.05) is 12.1 Å². The molecule has 2 heteroatoms. The number of rotatable bonds is 14.